The molecule has 0 saturated heterocycles. The molecule has 3 rings (SSSR count). The lowest BCUT2D eigenvalue weighted by Crippen LogP contribution is -1.95. The molecule has 0 spiro atoms. The number of ether oxygens (including phenoxy) is 1. The standard InChI is InChI=1S/C12H10N2O3/c1-17-6-2-3-8-7(4-6)11-9(13-8)5-10(14-11)12(15)16/h2-5,13-14H,1H3,(H,15,16). The quantitative estimate of drug-likeness (QED) is 0.632. The molecule has 1 aromatic carbocycles. The molecule has 0 aliphatic carbocycles. The molecule has 0 aliphatic heterocycles. The Kier molecular flexibility index (Phi) is 1.89. The Morgan fingerprint density at radius 1 is 1.24 bits per heavy atom. The van der Waals surface area contributed by atoms with Gasteiger partial charge in [0.1, 0.15) is 11.4 Å². The van der Waals surface area contributed by atoms with Crippen molar-refractivity contribution in [3.63, 3.8) is 0 Å². The zero-order valence-corrected chi connectivity index (χ0v) is 9.07. The summed E-state index contributed by atoms with van der Waals surface area (Å²) in [5, 5.41) is 9.83. The number of H-pyrrole nitrogens is 2. The molecule has 3 aromatic rings. The molecule has 3 N–H and O–H groups in total. The third-order valence-electron chi connectivity index (χ3n) is 2.81. The number of hydrogen-bond acceptors (Lipinski definition) is 2. The zero-order chi connectivity index (χ0) is 12.0. The summed E-state index contributed by atoms with van der Waals surface area (Å²) in [5.74, 6) is -0.226. The van der Waals surface area contributed by atoms with Crippen molar-refractivity contribution in [1.29, 1.82) is 0 Å². The largest absolute Gasteiger partial charge is 0.497 e. The second-order valence-corrected chi connectivity index (χ2v) is 3.81. The van der Waals surface area contributed by atoms with Gasteiger partial charge in [0.2, 0.25) is 0 Å². The number of carboxylic acid groups (broad SMARTS) is 1. The van der Waals surface area contributed by atoms with Gasteiger partial charge in [-0.2, -0.15) is 0 Å². The van der Waals surface area contributed by atoms with E-state index in [-0.39, 0.29) is 5.69 Å². The summed E-state index contributed by atoms with van der Waals surface area (Å²) in [6.07, 6.45) is 0. The van der Waals surface area contributed by atoms with Crippen LogP contribution in [0.3, 0.4) is 0 Å². The summed E-state index contributed by atoms with van der Waals surface area (Å²) in [7, 11) is 1.60. The summed E-state index contributed by atoms with van der Waals surface area (Å²) < 4.78 is 5.15. The van der Waals surface area contributed by atoms with Crippen LogP contribution >= 0.6 is 0 Å². The van der Waals surface area contributed by atoms with E-state index in [0.29, 0.717) is 0 Å². The second-order valence-electron chi connectivity index (χ2n) is 3.81. The van der Waals surface area contributed by atoms with Crippen LogP contribution in [-0.4, -0.2) is 28.2 Å². The van der Waals surface area contributed by atoms with Gasteiger partial charge in [-0.25, -0.2) is 4.79 Å². The summed E-state index contributed by atoms with van der Waals surface area (Å²) in [6.45, 7) is 0. The van der Waals surface area contributed by atoms with Crippen LogP contribution in [0.25, 0.3) is 21.9 Å². The number of methoxy groups -OCH3 is 1. The molecular weight excluding hydrogens is 220 g/mol. The van der Waals surface area contributed by atoms with E-state index in [2.05, 4.69) is 9.97 Å². The average Bonchev–Trinajstić information content (AvgIpc) is 2.85. The Balaban J connectivity index is 2.33. The lowest BCUT2D eigenvalue weighted by Gasteiger charge is -1.98. The molecule has 5 nitrogen and oxygen atoms in total. The van der Waals surface area contributed by atoms with E-state index in [4.69, 9.17) is 9.84 Å². The van der Waals surface area contributed by atoms with Crippen molar-refractivity contribution in [2.75, 3.05) is 7.11 Å². The number of aromatic amines is 2. The van der Waals surface area contributed by atoms with Crippen molar-refractivity contribution in [1.82, 2.24) is 9.97 Å². The minimum absolute atomic E-state index is 0.177. The molecule has 0 amide bonds. The number of rotatable bonds is 2. The third kappa shape index (κ3) is 1.36. The van der Waals surface area contributed by atoms with Crippen molar-refractivity contribution in [2.45, 2.75) is 0 Å². The Labute approximate surface area is 96.0 Å². The van der Waals surface area contributed by atoms with Gasteiger partial charge in [0.15, 0.2) is 0 Å². The molecule has 0 fully saturated rings. The van der Waals surface area contributed by atoms with E-state index in [1.165, 1.54) is 0 Å². The smallest absolute Gasteiger partial charge is 0.352 e. The lowest BCUT2D eigenvalue weighted by molar-refractivity contribution is 0.0691. The fourth-order valence-corrected chi connectivity index (χ4v) is 1.99. The van der Waals surface area contributed by atoms with Crippen LogP contribution in [0.1, 0.15) is 10.5 Å². The predicted molar refractivity (Wildman–Crippen MR) is 63.7 cm³/mol. The molecule has 0 bridgehead atoms. The van der Waals surface area contributed by atoms with Crippen LogP contribution < -0.4 is 4.74 Å². The molecule has 2 aromatic heterocycles. The molecule has 0 aliphatic rings. The first-order valence-electron chi connectivity index (χ1n) is 5.11. The highest BCUT2D eigenvalue weighted by molar-refractivity contribution is 6.08. The molecule has 5 heteroatoms. The summed E-state index contributed by atoms with van der Waals surface area (Å²) in [5.41, 5.74) is 2.70. The average molecular weight is 230 g/mol. The minimum Gasteiger partial charge on any atom is -0.497 e. The van der Waals surface area contributed by atoms with E-state index in [9.17, 15) is 4.79 Å². The highest BCUT2D eigenvalue weighted by atomic mass is 16.5. The molecule has 86 valence electrons. The maximum absolute atomic E-state index is 10.9. The fourth-order valence-electron chi connectivity index (χ4n) is 1.99. The number of nitrogens with one attached hydrogen (secondary N) is 2. The van der Waals surface area contributed by atoms with Crippen LogP contribution in [0.4, 0.5) is 0 Å². The van der Waals surface area contributed by atoms with Gasteiger partial charge in [0, 0.05) is 10.9 Å². The van der Waals surface area contributed by atoms with Crippen molar-refractivity contribution < 1.29 is 14.6 Å². The van der Waals surface area contributed by atoms with Gasteiger partial charge >= 0.3 is 5.97 Å². The fraction of sp³-hybridized carbons (Fsp3) is 0.0833. The Bertz CT molecular complexity index is 724. The maximum Gasteiger partial charge on any atom is 0.352 e. The van der Waals surface area contributed by atoms with Crippen molar-refractivity contribution in [3.8, 4) is 5.75 Å². The number of aromatic carboxylic acids is 1. The molecule has 0 unspecified atom stereocenters. The number of benzene rings is 1. The Hall–Kier alpha value is -2.43. The van der Waals surface area contributed by atoms with E-state index >= 15 is 0 Å². The van der Waals surface area contributed by atoms with Gasteiger partial charge in [-0.15, -0.1) is 0 Å². The highest BCUT2D eigenvalue weighted by Gasteiger charge is 2.12. The molecule has 2 heterocycles. The number of carboxylic acids is 1. The van der Waals surface area contributed by atoms with Crippen LogP contribution in [0.15, 0.2) is 24.3 Å². The first-order valence-corrected chi connectivity index (χ1v) is 5.11. The van der Waals surface area contributed by atoms with Gasteiger partial charge in [0.05, 0.1) is 18.1 Å². The summed E-state index contributed by atoms with van der Waals surface area (Å²) in [4.78, 5) is 16.9. The summed E-state index contributed by atoms with van der Waals surface area (Å²) in [6, 6.07) is 7.22. The van der Waals surface area contributed by atoms with E-state index in [0.717, 1.165) is 27.7 Å². The van der Waals surface area contributed by atoms with Gasteiger partial charge in [-0.3, -0.25) is 0 Å². The number of aromatic nitrogens is 2. The summed E-state index contributed by atoms with van der Waals surface area (Å²) >= 11 is 0. The lowest BCUT2D eigenvalue weighted by atomic mass is 10.2. The Morgan fingerprint density at radius 2 is 2.06 bits per heavy atom. The van der Waals surface area contributed by atoms with Gasteiger partial charge < -0.3 is 19.8 Å². The third-order valence-corrected chi connectivity index (χ3v) is 2.81. The second kappa shape index (κ2) is 3.28. The van der Waals surface area contributed by atoms with E-state index in [1.807, 2.05) is 18.2 Å². The zero-order valence-electron chi connectivity index (χ0n) is 9.07. The molecular formula is C12H10N2O3. The molecule has 0 radical (unpaired) electrons. The normalized spacial score (nSPS) is 11.1. The van der Waals surface area contributed by atoms with Crippen LogP contribution in [-0.2, 0) is 0 Å². The maximum atomic E-state index is 10.9. The molecule has 0 saturated carbocycles. The van der Waals surface area contributed by atoms with Crippen LogP contribution in [0, 0.1) is 0 Å². The molecule has 0 atom stereocenters. The monoisotopic (exact) mass is 230 g/mol. The first-order chi connectivity index (χ1) is 8.19. The van der Waals surface area contributed by atoms with E-state index < -0.39 is 5.97 Å². The van der Waals surface area contributed by atoms with Crippen LogP contribution in [0.2, 0.25) is 0 Å². The van der Waals surface area contributed by atoms with Crippen molar-refractivity contribution in [2.24, 2.45) is 0 Å². The predicted octanol–water partition coefficient (Wildman–Crippen LogP) is 2.36. The Morgan fingerprint density at radius 3 is 2.76 bits per heavy atom. The van der Waals surface area contributed by atoms with Gasteiger partial charge in [-0.05, 0) is 24.3 Å². The van der Waals surface area contributed by atoms with E-state index in [1.54, 1.807) is 13.2 Å². The van der Waals surface area contributed by atoms with Crippen molar-refractivity contribution >= 4 is 27.9 Å². The SMILES string of the molecule is COc1ccc2[nH]c3cc(C(=O)O)[nH]c3c2c1. The number of carbonyl (C=O) groups is 1. The first kappa shape index (κ1) is 9.77. The van der Waals surface area contributed by atoms with Crippen molar-refractivity contribution in [3.05, 3.63) is 30.0 Å². The van der Waals surface area contributed by atoms with Crippen LogP contribution in [0.5, 0.6) is 5.75 Å². The van der Waals surface area contributed by atoms with Gasteiger partial charge in [-0.1, -0.05) is 0 Å². The topological polar surface area (TPSA) is 78.1 Å². The number of fused-ring (bicyclic) bond motifs is 3. The minimum atomic E-state index is -0.967. The molecule has 17 heavy (non-hydrogen) atoms. The highest BCUT2D eigenvalue weighted by Crippen LogP contribution is 2.28. The van der Waals surface area contributed by atoms with Gasteiger partial charge in [0.25, 0.3) is 0 Å². The number of hydrogen-bond donors (Lipinski definition) is 3.